The Bertz CT molecular complexity index is 566. The molecule has 2 rings (SSSR count). The molecule has 2 aromatic rings. The van der Waals surface area contributed by atoms with Crippen LogP contribution in [-0.4, -0.2) is 16.2 Å². The molecule has 88 valence electrons. The summed E-state index contributed by atoms with van der Waals surface area (Å²) in [5, 5.41) is 15.6. The fourth-order valence-corrected chi connectivity index (χ4v) is 1.43. The highest BCUT2D eigenvalue weighted by Gasteiger charge is 2.12. The summed E-state index contributed by atoms with van der Waals surface area (Å²) in [6.07, 6.45) is 0. The van der Waals surface area contributed by atoms with Crippen LogP contribution in [0.4, 0.5) is 5.69 Å². The van der Waals surface area contributed by atoms with Crippen LogP contribution in [0.15, 0.2) is 28.8 Å². The molecule has 1 amide bonds. The zero-order chi connectivity index (χ0) is 12.4. The van der Waals surface area contributed by atoms with E-state index < -0.39 is 5.91 Å². The fraction of sp³-hybridized carbons (Fsp3) is 0.0909. The van der Waals surface area contributed by atoms with Crippen LogP contribution in [0.3, 0.4) is 0 Å². The van der Waals surface area contributed by atoms with Gasteiger partial charge >= 0.3 is 0 Å². The van der Waals surface area contributed by atoms with E-state index in [1.807, 2.05) is 0 Å². The average molecular weight is 253 g/mol. The molecule has 0 fully saturated rings. The quantitative estimate of drug-likeness (QED) is 0.806. The summed E-state index contributed by atoms with van der Waals surface area (Å²) in [6.45, 7) is 1.72. The number of carbonyl (C=O) groups is 1. The van der Waals surface area contributed by atoms with E-state index in [4.69, 9.17) is 16.1 Å². The number of aromatic nitrogens is 1. The van der Waals surface area contributed by atoms with Crippen LogP contribution >= 0.6 is 11.6 Å². The number of carbonyl (C=O) groups excluding carboxylic acids is 1. The second-order valence-electron chi connectivity index (χ2n) is 3.45. The molecule has 1 aromatic heterocycles. The molecule has 2 N–H and O–H groups in total. The minimum absolute atomic E-state index is 0.0415. The lowest BCUT2D eigenvalue weighted by atomic mass is 10.3. The first-order valence-electron chi connectivity index (χ1n) is 4.79. The molecule has 1 aromatic carbocycles. The number of nitrogens with zero attached hydrogens (tertiary/aromatic N) is 1. The maximum atomic E-state index is 11.7. The number of halogens is 1. The Hall–Kier alpha value is -2.01. The van der Waals surface area contributed by atoms with Gasteiger partial charge in [-0.3, -0.25) is 4.79 Å². The number of phenols is 1. The van der Waals surface area contributed by atoms with Crippen molar-refractivity contribution < 1.29 is 14.4 Å². The highest BCUT2D eigenvalue weighted by molar-refractivity contribution is 6.32. The van der Waals surface area contributed by atoms with E-state index in [-0.39, 0.29) is 16.5 Å². The summed E-state index contributed by atoms with van der Waals surface area (Å²) in [6, 6.07) is 5.89. The van der Waals surface area contributed by atoms with E-state index in [1.54, 1.807) is 6.92 Å². The zero-order valence-corrected chi connectivity index (χ0v) is 9.65. The first-order valence-corrected chi connectivity index (χ1v) is 5.17. The molecule has 0 saturated heterocycles. The van der Waals surface area contributed by atoms with Gasteiger partial charge in [0.15, 0.2) is 0 Å². The van der Waals surface area contributed by atoms with Gasteiger partial charge in [-0.15, -0.1) is 0 Å². The van der Waals surface area contributed by atoms with Crippen molar-refractivity contribution in [3.05, 3.63) is 40.7 Å². The Labute approximate surface area is 102 Å². The van der Waals surface area contributed by atoms with Gasteiger partial charge in [0.2, 0.25) is 5.76 Å². The second kappa shape index (κ2) is 4.47. The number of aryl methyl sites for hydroxylation is 1. The van der Waals surface area contributed by atoms with Crippen molar-refractivity contribution >= 4 is 23.2 Å². The molecule has 1 heterocycles. The lowest BCUT2D eigenvalue weighted by Gasteiger charge is -2.03. The van der Waals surface area contributed by atoms with Crippen molar-refractivity contribution in [2.45, 2.75) is 6.92 Å². The molecular formula is C11H9ClN2O3. The van der Waals surface area contributed by atoms with Gasteiger partial charge < -0.3 is 14.9 Å². The van der Waals surface area contributed by atoms with Gasteiger partial charge in [-0.1, -0.05) is 16.8 Å². The van der Waals surface area contributed by atoms with E-state index >= 15 is 0 Å². The van der Waals surface area contributed by atoms with Crippen molar-refractivity contribution in [1.29, 1.82) is 0 Å². The number of hydrogen-bond acceptors (Lipinski definition) is 4. The third kappa shape index (κ3) is 2.57. The van der Waals surface area contributed by atoms with Crippen molar-refractivity contribution in [3.63, 3.8) is 0 Å². The van der Waals surface area contributed by atoms with Gasteiger partial charge in [-0.2, -0.15) is 0 Å². The lowest BCUT2D eigenvalue weighted by molar-refractivity contribution is 0.0988. The molecule has 5 nitrogen and oxygen atoms in total. The van der Waals surface area contributed by atoms with Gasteiger partial charge in [0.05, 0.1) is 10.7 Å². The minimum atomic E-state index is -0.424. The van der Waals surface area contributed by atoms with E-state index in [0.29, 0.717) is 11.4 Å². The third-order valence-electron chi connectivity index (χ3n) is 2.06. The molecule has 0 aliphatic rings. The number of amides is 1. The Morgan fingerprint density at radius 1 is 1.47 bits per heavy atom. The lowest BCUT2D eigenvalue weighted by Crippen LogP contribution is -2.10. The first kappa shape index (κ1) is 11.5. The number of nitrogens with one attached hydrogen (secondary N) is 1. The Morgan fingerprint density at radius 2 is 2.24 bits per heavy atom. The maximum absolute atomic E-state index is 11.7. The number of benzene rings is 1. The Kier molecular flexibility index (Phi) is 3.01. The van der Waals surface area contributed by atoms with E-state index in [2.05, 4.69) is 10.5 Å². The molecule has 0 spiro atoms. The van der Waals surface area contributed by atoms with Crippen LogP contribution in [0.25, 0.3) is 0 Å². The largest absolute Gasteiger partial charge is 0.506 e. The first-order chi connectivity index (χ1) is 8.06. The fourth-order valence-electron chi connectivity index (χ4n) is 1.25. The summed E-state index contributed by atoms with van der Waals surface area (Å²) in [5.41, 5.74) is 1.09. The van der Waals surface area contributed by atoms with Gasteiger partial charge in [-0.25, -0.2) is 0 Å². The van der Waals surface area contributed by atoms with E-state index in [9.17, 15) is 9.90 Å². The van der Waals surface area contributed by atoms with Crippen LogP contribution in [-0.2, 0) is 0 Å². The second-order valence-corrected chi connectivity index (χ2v) is 3.86. The monoisotopic (exact) mass is 252 g/mol. The normalized spacial score (nSPS) is 10.2. The van der Waals surface area contributed by atoms with Crippen LogP contribution in [0, 0.1) is 6.92 Å². The average Bonchev–Trinajstić information content (AvgIpc) is 2.70. The SMILES string of the molecule is Cc1cc(C(=O)Nc2ccc(O)c(Cl)c2)on1. The number of rotatable bonds is 2. The summed E-state index contributed by atoms with van der Waals surface area (Å²) in [5.74, 6) is -0.348. The maximum Gasteiger partial charge on any atom is 0.294 e. The predicted octanol–water partition coefficient (Wildman–Crippen LogP) is 2.59. The molecule has 0 radical (unpaired) electrons. The number of anilines is 1. The zero-order valence-electron chi connectivity index (χ0n) is 8.90. The molecule has 0 saturated carbocycles. The Balaban J connectivity index is 2.15. The molecule has 17 heavy (non-hydrogen) atoms. The predicted molar refractivity (Wildman–Crippen MR) is 62.3 cm³/mol. The van der Waals surface area contributed by atoms with Crippen LogP contribution in [0.1, 0.15) is 16.2 Å². The summed E-state index contributed by atoms with van der Waals surface area (Å²) in [7, 11) is 0. The van der Waals surface area contributed by atoms with Crippen molar-refractivity contribution in [2.24, 2.45) is 0 Å². The van der Waals surface area contributed by atoms with Crippen LogP contribution < -0.4 is 5.32 Å². The Morgan fingerprint density at radius 3 is 2.82 bits per heavy atom. The molecule has 0 atom stereocenters. The number of phenolic OH excluding ortho intramolecular Hbond substituents is 1. The molecule has 0 aliphatic heterocycles. The smallest absolute Gasteiger partial charge is 0.294 e. The molecule has 0 bridgehead atoms. The van der Waals surface area contributed by atoms with Crippen LogP contribution in [0.2, 0.25) is 5.02 Å². The third-order valence-corrected chi connectivity index (χ3v) is 2.36. The van der Waals surface area contributed by atoms with Gasteiger partial charge in [0.25, 0.3) is 5.91 Å². The summed E-state index contributed by atoms with van der Waals surface area (Å²) in [4.78, 5) is 11.7. The summed E-state index contributed by atoms with van der Waals surface area (Å²) >= 11 is 5.71. The highest BCUT2D eigenvalue weighted by atomic mass is 35.5. The standard InChI is InChI=1S/C11H9ClN2O3/c1-6-4-10(17-14-6)11(16)13-7-2-3-9(15)8(12)5-7/h2-5,15H,1H3,(H,13,16). The van der Waals surface area contributed by atoms with Gasteiger partial charge in [-0.05, 0) is 25.1 Å². The van der Waals surface area contributed by atoms with E-state index in [0.717, 1.165) is 0 Å². The topological polar surface area (TPSA) is 75.4 Å². The number of hydrogen-bond donors (Lipinski definition) is 2. The molecular weight excluding hydrogens is 244 g/mol. The molecule has 0 unspecified atom stereocenters. The van der Waals surface area contributed by atoms with E-state index in [1.165, 1.54) is 24.3 Å². The van der Waals surface area contributed by atoms with Crippen molar-refractivity contribution in [1.82, 2.24) is 5.16 Å². The molecule has 6 heteroatoms. The number of aromatic hydroxyl groups is 1. The summed E-state index contributed by atoms with van der Waals surface area (Å²) < 4.78 is 4.81. The van der Waals surface area contributed by atoms with Gasteiger partial charge in [0.1, 0.15) is 5.75 Å². The van der Waals surface area contributed by atoms with Crippen molar-refractivity contribution in [3.8, 4) is 5.75 Å². The van der Waals surface area contributed by atoms with Gasteiger partial charge in [0, 0.05) is 11.8 Å². The molecule has 0 aliphatic carbocycles. The highest BCUT2D eigenvalue weighted by Crippen LogP contribution is 2.26. The minimum Gasteiger partial charge on any atom is -0.506 e. The van der Waals surface area contributed by atoms with Crippen LogP contribution in [0.5, 0.6) is 5.75 Å². The van der Waals surface area contributed by atoms with Crippen molar-refractivity contribution in [2.75, 3.05) is 5.32 Å².